The lowest BCUT2D eigenvalue weighted by Gasteiger charge is -2.34. The van der Waals surface area contributed by atoms with Crippen LogP contribution >= 0.6 is 0 Å². The largest absolute Gasteiger partial charge is 0.467 e. The minimum atomic E-state index is 0.0120. The van der Waals surface area contributed by atoms with Crippen LogP contribution in [-0.2, 0) is 11.3 Å². The van der Waals surface area contributed by atoms with Gasteiger partial charge in [0.15, 0.2) is 0 Å². The highest BCUT2D eigenvalue weighted by molar-refractivity contribution is 5.76. The molecule has 0 saturated carbocycles. The number of benzene rings is 1. The summed E-state index contributed by atoms with van der Waals surface area (Å²) in [4.78, 5) is 16.6. The van der Waals surface area contributed by atoms with Gasteiger partial charge in [-0.2, -0.15) is 0 Å². The lowest BCUT2D eigenvalue weighted by Crippen LogP contribution is -2.44. The fourth-order valence-corrected chi connectivity index (χ4v) is 2.86. The Hall–Kier alpha value is -2.47. The molecule has 1 aliphatic heterocycles. The van der Waals surface area contributed by atoms with Gasteiger partial charge >= 0.3 is 0 Å². The van der Waals surface area contributed by atoms with E-state index >= 15 is 0 Å². The van der Waals surface area contributed by atoms with Crippen LogP contribution in [0, 0.1) is 0 Å². The van der Waals surface area contributed by atoms with Crippen LogP contribution in [0.2, 0.25) is 0 Å². The number of anilines is 2. The molecule has 6 nitrogen and oxygen atoms in total. The highest BCUT2D eigenvalue weighted by Gasteiger charge is 2.13. The predicted molar refractivity (Wildman–Crippen MR) is 99.8 cm³/mol. The van der Waals surface area contributed by atoms with Crippen LogP contribution in [0.15, 0.2) is 47.1 Å². The molecule has 0 spiro atoms. The normalized spacial score (nSPS) is 15.2. The molecule has 2 aromatic rings. The van der Waals surface area contributed by atoms with Gasteiger partial charge in [0, 0.05) is 50.5 Å². The lowest BCUT2D eigenvalue weighted by molar-refractivity contribution is -0.121. The fourth-order valence-electron chi connectivity index (χ4n) is 2.86. The van der Waals surface area contributed by atoms with E-state index in [1.54, 1.807) is 6.26 Å². The number of piperazine rings is 1. The molecule has 2 heterocycles. The van der Waals surface area contributed by atoms with E-state index in [4.69, 9.17) is 4.42 Å². The number of hydrogen-bond acceptors (Lipinski definition) is 5. The van der Waals surface area contributed by atoms with Crippen molar-refractivity contribution in [2.24, 2.45) is 0 Å². The Morgan fingerprint density at radius 2 is 1.88 bits per heavy atom. The minimum absolute atomic E-state index is 0.0120. The van der Waals surface area contributed by atoms with Crippen molar-refractivity contribution in [3.05, 3.63) is 48.4 Å². The number of rotatable bonds is 7. The van der Waals surface area contributed by atoms with E-state index in [0.29, 0.717) is 19.5 Å². The summed E-state index contributed by atoms with van der Waals surface area (Å²) in [5.41, 5.74) is 2.30. The van der Waals surface area contributed by atoms with Crippen LogP contribution in [0.4, 0.5) is 11.4 Å². The van der Waals surface area contributed by atoms with Gasteiger partial charge in [-0.25, -0.2) is 0 Å². The van der Waals surface area contributed by atoms with Crippen molar-refractivity contribution in [1.29, 1.82) is 0 Å². The van der Waals surface area contributed by atoms with Crippen molar-refractivity contribution in [2.45, 2.75) is 13.0 Å². The maximum absolute atomic E-state index is 11.8. The fraction of sp³-hybridized carbons (Fsp3) is 0.421. The number of likely N-dealkylation sites (N-methyl/N-ethyl adjacent to an activating group) is 1. The highest BCUT2D eigenvalue weighted by atomic mass is 16.3. The molecule has 0 bridgehead atoms. The molecule has 1 aliphatic rings. The Morgan fingerprint density at radius 1 is 1.12 bits per heavy atom. The number of carbonyl (C=O) groups excluding carboxylic acids is 1. The second-order valence-electron chi connectivity index (χ2n) is 6.37. The molecular formula is C19H26N4O2. The zero-order chi connectivity index (χ0) is 17.5. The maximum Gasteiger partial charge on any atom is 0.222 e. The van der Waals surface area contributed by atoms with Gasteiger partial charge in [-0.15, -0.1) is 0 Å². The van der Waals surface area contributed by atoms with Crippen molar-refractivity contribution in [2.75, 3.05) is 50.0 Å². The Labute approximate surface area is 148 Å². The second kappa shape index (κ2) is 8.58. The summed E-state index contributed by atoms with van der Waals surface area (Å²) in [6.45, 7) is 5.39. The van der Waals surface area contributed by atoms with Crippen molar-refractivity contribution >= 4 is 17.3 Å². The number of carbonyl (C=O) groups is 1. The molecule has 1 fully saturated rings. The molecule has 25 heavy (non-hydrogen) atoms. The van der Waals surface area contributed by atoms with E-state index in [9.17, 15) is 4.79 Å². The summed E-state index contributed by atoms with van der Waals surface area (Å²) in [5, 5.41) is 6.14. The summed E-state index contributed by atoms with van der Waals surface area (Å²) in [5.74, 6) is 0.777. The average molecular weight is 342 g/mol. The van der Waals surface area contributed by atoms with Crippen LogP contribution in [0.25, 0.3) is 0 Å². The summed E-state index contributed by atoms with van der Waals surface area (Å²) in [7, 11) is 2.16. The van der Waals surface area contributed by atoms with Gasteiger partial charge in [0.1, 0.15) is 5.76 Å². The van der Waals surface area contributed by atoms with Crippen molar-refractivity contribution in [1.82, 2.24) is 10.2 Å². The van der Waals surface area contributed by atoms with Crippen molar-refractivity contribution < 1.29 is 9.21 Å². The molecule has 0 aliphatic carbocycles. The molecule has 1 amide bonds. The van der Waals surface area contributed by atoms with Gasteiger partial charge in [-0.3, -0.25) is 4.79 Å². The first-order chi connectivity index (χ1) is 12.2. The first kappa shape index (κ1) is 17.4. The molecule has 6 heteroatoms. The van der Waals surface area contributed by atoms with E-state index in [2.05, 4.69) is 51.7 Å². The van der Waals surface area contributed by atoms with Crippen LogP contribution in [0.1, 0.15) is 12.2 Å². The van der Waals surface area contributed by atoms with E-state index < -0.39 is 0 Å². The monoisotopic (exact) mass is 342 g/mol. The Morgan fingerprint density at radius 3 is 2.56 bits per heavy atom. The highest BCUT2D eigenvalue weighted by Crippen LogP contribution is 2.19. The third kappa shape index (κ3) is 5.26. The van der Waals surface area contributed by atoms with Gasteiger partial charge in [0.05, 0.1) is 12.8 Å². The molecular weight excluding hydrogens is 316 g/mol. The molecule has 134 valence electrons. The summed E-state index contributed by atoms with van der Waals surface area (Å²) in [6, 6.07) is 12.1. The maximum atomic E-state index is 11.8. The molecule has 0 unspecified atom stereocenters. The Bertz CT molecular complexity index is 647. The van der Waals surface area contributed by atoms with Crippen LogP contribution in [-0.4, -0.2) is 50.6 Å². The van der Waals surface area contributed by atoms with Crippen LogP contribution in [0.3, 0.4) is 0 Å². The molecule has 0 radical (unpaired) electrons. The molecule has 0 atom stereocenters. The number of nitrogens with zero attached hydrogens (tertiary/aromatic N) is 2. The topological polar surface area (TPSA) is 60.8 Å². The number of amides is 1. The van der Waals surface area contributed by atoms with Gasteiger partial charge in [-0.05, 0) is 43.4 Å². The average Bonchev–Trinajstić information content (AvgIpc) is 3.15. The van der Waals surface area contributed by atoms with Gasteiger partial charge in [-0.1, -0.05) is 0 Å². The van der Waals surface area contributed by atoms with Crippen molar-refractivity contribution in [3.8, 4) is 0 Å². The Balaban J connectivity index is 1.37. The summed E-state index contributed by atoms with van der Waals surface area (Å²) in [6.07, 6.45) is 2.04. The third-order valence-electron chi connectivity index (χ3n) is 4.46. The number of furan rings is 1. The second-order valence-corrected chi connectivity index (χ2v) is 6.37. The molecule has 3 rings (SSSR count). The smallest absolute Gasteiger partial charge is 0.222 e. The van der Waals surface area contributed by atoms with Gasteiger partial charge in [0.2, 0.25) is 5.91 Å². The van der Waals surface area contributed by atoms with E-state index in [-0.39, 0.29) is 5.91 Å². The Kier molecular flexibility index (Phi) is 5.95. The summed E-state index contributed by atoms with van der Waals surface area (Å²) < 4.78 is 5.19. The zero-order valence-corrected chi connectivity index (χ0v) is 14.7. The lowest BCUT2D eigenvalue weighted by atomic mass is 10.2. The van der Waals surface area contributed by atoms with Gasteiger partial charge < -0.3 is 24.9 Å². The molecule has 1 aromatic heterocycles. The molecule has 1 aromatic carbocycles. The van der Waals surface area contributed by atoms with E-state index in [0.717, 1.165) is 37.6 Å². The number of hydrogen-bond donors (Lipinski definition) is 2. The molecule has 1 saturated heterocycles. The molecule has 2 N–H and O–H groups in total. The summed E-state index contributed by atoms with van der Waals surface area (Å²) >= 11 is 0. The van der Waals surface area contributed by atoms with Crippen molar-refractivity contribution in [3.63, 3.8) is 0 Å². The number of nitrogens with one attached hydrogen (secondary N) is 2. The zero-order valence-electron chi connectivity index (χ0n) is 14.7. The SMILES string of the molecule is CN1CCN(c2ccc(NCCC(=O)NCc3ccco3)cc2)CC1. The van der Waals surface area contributed by atoms with Gasteiger partial charge in [0.25, 0.3) is 0 Å². The third-order valence-corrected chi connectivity index (χ3v) is 4.46. The first-order valence-electron chi connectivity index (χ1n) is 8.77. The van der Waals surface area contributed by atoms with Crippen LogP contribution < -0.4 is 15.5 Å². The van der Waals surface area contributed by atoms with E-state index in [1.807, 2.05) is 12.1 Å². The standard InChI is InChI=1S/C19H26N4O2/c1-22-10-12-23(13-11-22)17-6-4-16(5-7-17)20-9-8-19(24)21-15-18-3-2-14-25-18/h2-7,14,20H,8-13,15H2,1H3,(H,21,24). The quantitative estimate of drug-likeness (QED) is 0.807. The predicted octanol–water partition coefficient (Wildman–Crippen LogP) is 2.15. The van der Waals surface area contributed by atoms with Crippen LogP contribution in [0.5, 0.6) is 0 Å². The minimum Gasteiger partial charge on any atom is -0.467 e. The van der Waals surface area contributed by atoms with E-state index in [1.165, 1.54) is 5.69 Å². The first-order valence-corrected chi connectivity index (χ1v) is 8.77.